The molecule has 1 atom stereocenters. The molecular formula is C17H15Cl2N3O3S4. The molecule has 6 nitrogen and oxygen atoms in total. The summed E-state index contributed by atoms with van der Waals surface area (Å²) in [7, 11) is -3.65. The van der Waals surface area contributed by atoms with Crippen molar-refractivity contribution in [2.45, 2.75) is 17.1 Å². The van der Waals surface area contributed by atoms with E-state index in [9.17, 15) is 13.2 Å². The van der Waals surface area contributed by atoms with Gasteiger partial charge in [-0.15, -0.1) is 34.0 Å². The third-order valence-corrected chi connectivity index (χ3v) is 10.0. The van der Waals surface area contributed by atoms with Gasteiger partial charge >= 0.3 is 0 Å². The minimum Gasteiger partial charge on any atom is -0.302 e. The Balaban J connectivity index is 1.43. The van der Waals surface area contributed by atoms with Crippen LogP contribution in [0.25, 0.3) is 10.6 Å². The Hall–Kier alpha value is -1.01. The maximum atomic E-state index is 12.8. The van der Waals surface area contributed by atoms with Crippen molar-refractivity contribution in [1.82, 2.24) is 9.29 Å². The van der Waals surface area contributed by atoms with Gasteiger partial charge in [-0.25, -0.2) is 13.4 Å². The highest BCUT2D eigenvalue weighted by molar-refractivity contribution is 7.91. The lowest BCUT2D eigenvalue weighted by Crippen LogP contribution is -2.43. The monoisotopic (exact) mass is 507 g/mol. The normalized spacial score (nSPS) is 18.1. The zero-order chi connectivity index (χ0) is 20.6. The Morgan fingerprint density at radius 3 is 2.62 bits per heavy atom. The summed E-state index contributed by atoms with van der Waals surface area (Å²) in [6.07, 6.45) is 1.25. The molecule has 1 unspecified atom stereocenters. The van der Waals surface area contributed by atoms with E-state index < -0.39 is 15.9 Å². The number of carbonyl (C=O) groups excluding carboxylic acids is 1. The number of nitrogens with one attached hydrogen (secondary N) is 1. The van der Waals surface area contributed by atoms with E-state index in [1.165, 1.54) is 33.0 Å². The molecule has 29 heavy (non-hydrogen) atoms. The number of hydrogen-bond donors (Lipinski definition) is 1. The topological polar surface area (TPSA) is 79.4 Å². The fraction of sp³-hybridized carbons (Fsp3) is 0.294. The molecule has 1 aliphatic rings. The lowest BCUT2D eigenvalue weighted by molar-refractivity contribution is -0.120. The Kier molecular flexibility index (Phi) is 6.31. The van der Waals surface area contributed by atoms with Gasteiger partial charge < -0.3 is 5.32 Å². The van der Waals surface area contributed by atoms with Crippen molar-refractivity contribution in [3.63, 3.8) is 0 Å². The molecule has 4 rings (SSSR count). The van der Waals surface area contributed by atoms with Gasteiger partial charge in [0, 0.05) is 18.5 Å². The van der Waals surface area contributed by atoms with E-state index in [-0.39, 0.29) is 16.7 Å². The second-order valence-electron chi connectivity index (χ2n) is 6.39. The Labute approximate surface area is 190 Å². The van der Waals surface area contributed by atoms with Crippen molar-refractivity contribution in [3.05, 3.63) is 38.3 Å². The van der Waals surface area contributed by atoms with Crippen LogP contribution >= 0.6 is 57.2 Å². The quantitative estimate of drug-likeness (QED) is 0.509. The third-order valence-electron chi connectivity index (χ3n) is 4.46. The number of carbonyl (C=O) groups is 1. The molecule has 0 aliphatic carbocycles. The summed E-state index contributed by atoms with van der Waals surface area (Å²) in [6, 6.07) is 6.75. The molecule has 1 fully saturated rings. The molecule has 0 saturated carbocycles. The average molecular weight is 508 g/mol. The predicted molar refractivity (Wildman–Crippen MR) is 120 cm³/mol. The van der Waals surface area contributed by atoms with Gasteiger partial charge in [0.1, 0.15) is 4.21 Å². The molecule has 3 aromatic rings. The minimum atomic E-state index is -3.65. The van der Waals surface area contributed by atoms with Crippen molar-refractivity contribution in [1.29, 1.82) is 0 Å². The van der Waals surface area contributed by atoms with Gasteiger partial charge in [0.25, 0.3) is 10.0 Å². The molecule has 0 bridgehead atoms. The van der Waals surface area contributed by atoms with Gasteiger partial charge in [-0.3, -0.25) is 4.79 Å². The number of rotatable bonds is 5. The smallest absolute Gasteiger partial charge is 0.252 e. The van der Waals surface area contributed by atoms with Crippen LogP contribution in [0.3, 0.4) is 0 Å². The van der Waals surface area contributed by atoms with Gasteiger partial charge in [0.2, 0.25) is 5.91 Å². The van der Waals surface area contributed by atoms with Crippen LogP contribution in [0.4, 0.5) is 5.13 Å². The number of amides is 1. The summed E-state index contributed by atoms with van der Waals surface area (Å²) < 4.78 is 28.3. The van der Waals surface area contributed by atoms with Crippen molar-refractivity contribution >= 4 is 78.3 Å². The minimum absolute atomic E-state index is 0.141. The number of thiazole rings is 1. The van der Waals surface area contributed by atoms with E-state index in [0.29, 0.717) is 33.2 Å². The lowest BCUT2D eigenvalue weighted by atomic mass is 9.99. The highest BCUT2D eigenvalue weighted by Gasteiger charge is 2.34. The number of aromatic nitrogens is 1. The van der Waals surface area contributed by atoms with Gasteiger partial charge in [0.15, 0.2) is 5.13 Å². The largest absolute Gasteiger partial charge is 0.302 e. The number of hydrogen-bond acceptors (Lipinski definition) is 7. The van der Waals surface area contributed by atoms with Crippen molar-refractivity contribution in [2.24, 2.45) is 5.92 Å². The zero-order valence-electron chi connectivity index (χ0n) is 14.8. The van der Waals surface area contributed by atoms with Crippen LogP contribution in [-0.2, 0) is 14.8 Å². The standard InChI is InChI=1S/C17H15Cl2N3O3S4/c18-13-4-3-12(27-13)11-9-26-17(20-11)21-16(23)10-2-1-7-22(8-10)29(24,25)15-6-5-14(19)28-15/h3-6,9-10H,1-2,7-8H2,(H,20,21,23). The second kappa shape index (κ2) is 8.62. The molecule has 0 spiro atoms. The Morgan fingerprint density at radius 2 is 1.93 bits per heavy atom. The summed E-state index contributed by atoms with van der Waals surface area (Å²) in [4.78, 5) is 18.1. The summed E-state index contributed by atoms with van der Waals surface area (Å²) in [5.74, 6) is -0.656. The molecule has 4 heterocycles. The fourth-order valence-corrected chi connectivity index (χ4v) is 7.99. The van der Waals surface area contributed by atoms with Crippen LogP contribution in [-0.4, -0.2) is 36.7 Å². The van der Waals surface area contributed by atoms with Crippen LogP contribution in [0, 0.1) is 5.92 Å². The van der Waals surface area contributed by atoms with Crippen LogP contribution in [0.1, 0.15) is 12.8 Å². The van der Waals surface area contributed by atoms with Crippen LogP contribution < -0.4 is 5.32 Å². The molecule has 154 valence electrons. The van der Waals surface area contributed by atoms with Crippen molar-refractivity contribution in [2.75, 3.05) is 18.4 Å². The lowest BCUT2D eigenvalue weighted by Gasteiger charge is -2.30. The summed E-state index contributed by atoms with van der Waals surface area (Å²) in [5.41, 5.74) is 0.754. The van der Waals surface area contributed by atoms with E-state index in [1.54, 1.807) is 12.1 Å². The number of nitrogens with zero attached hydrogens (tertiary/aromatic N) is 2. The molecule has 3 aromatic heterocycles. The SMILES string of the molecule is O=C(Nc1nc(-c2ccc(Cl)s2)cs1)C1CCCN(S(=O)(=O)c2ccc(Cl)s2)C1. The molecule has 0 radical (unpaired) electrons. The maximum Gasteiger partial charge on any atom is 0.252 e. The number of piperidine rings is 1. The van der Waals surface area contributed by atoms with Crippen molar-refractivity contribution in [3.8, 4) is 10.6 Å². The highest BCUT2D eigenvalue weighted by atomic mass is 35.5. The number of thiophene rings is 2. The molecule has 1 amide bonds. The van der Waals surface area contributed by atoms with E-state index in [4.69, 9.17) is 23.2 Å². The number of sulfonamides is 1. The summed E-state index contributed by atoms with van der Waals surface area (Å²) in [6.45, 7) is 0.532. The van der Waals surface area contributed by atoms with E-state index in [2.05, 4.69) is 10.3 Å². The zero-order valence-corrected chi connectivity index (χ0v) is 19.6. The van der Waals surface area contributed by atoms with Gasteiger partial charge in [-0.2, -0.15) is 4.31 Å². The molecule has 1 N–H and O–H groups in total. The van der Waals surface area contributed by atoms with Crippen LogP contribution in [0.15, 0.2) is 33.9 Å². The fourth-order valence-electron chi connectivity index (χ4n) is 3.04. The first-order chi connectivity index (χ1) is 13.8. The van der Waals surface area contributed by atoms with Crippen LogP contribution in [0.5, 0.6) is 0 Å². The van der Waals surface area contributed by atoms with Gasteiger partial charge in [-0.1, -0.05) is 23.2 Å². The number of halogens is 2. The van der Waals surface area contributed by atoms with E-state index >= 15 is 0 Å². The Bertz CT molecular complexity index is 1140. The summed E-state index contributed by atoms with van der Waals surface area (Å²) >= 11 is 15.6. The molecular weight excluding hydrogens is 493 g/mol. The van der Waals surface area contributed by atoms with E-state index in [1.807, 2.05) is 11.4 Å². The average Bonchev–Trinajstić information content (AvgIpc) is 3.43. The van der Waals surface area contributed by atoms with E-state index in [0.717, 1.165) is 21.9 Å². The van der Waals surface area contributed by atoms with Crippen LogP contribution in [0.2, 0.25) is 8.67 Å². The van der Waals surface area contributed by atoms with Gasteiger partial charge in [0.05, 0.1) is 25.2 Å². The first kappa shape index (κ1) is 21.2. The Morgan fingerprint density at radius 1 is 1.17 bits per heavy atom. The molecule has 12 heteroatoms. The second-order valence-corrected chi connectivity index (χ2v) is 12.8. The van der Waals surface area contributed by atoms with Gasteiger partial charge in [-0.05, 0) is 37.1 Å². The predicted octanol–water partition coefficient (Wildman–Crippen LogP) is 5.28. The molecule has 1 aliphatic heterocycles. The molecule has 1 saturated heterocycles. The first-order valence-corrected chi connectivity index (χ1v) is 13.3. The maximum absolute atomic E-state index is 12.8. The first-order valence-electron chi connectivity index (χ1n) is 8.60. The highest BCUT2D eigenvalue weighted by Crippen LogP contribution is 2.34. The third kappa shape index (κ3) is 4.68. The summed E-state index contributed by atoms with van der Waals surface area (Å²) in [5, 5.41) is 5.17. The molecule has 0 aromatic carbocycles. The number of anilines is 1. The van der Waals surface area contributed by atoms with Crippen molar-refractivity contribution < 1.29 is 13.2 Å².